The lowest BCUT2D eigenvalue weighted by Gasteiger charge is -2.18. The normalized spacial score (nSPS) is 12.2. The highest BCUT2D eigenvalue weighted by atomic mass is 16.5. The monoisotopic (exact) mass is 238 g/mol. The Kier molecular flexibility index (Phi) is 5.80. The molecule has 0 fully saturated rings. The molecule has 1 rings (SSSR count). The fraction of sp³-hybridized carbons (Fsp3) is 0.538. The fourth-order valence-electron chi connectivity index (χ4n) is 1.90. The van der Waals surface area contributed by atoms with Crippen molar-refractivity contribution < 1.29 is 9.47 Å². The minimum atomic E-state index is -0.0763. The van der Waals surface area contributed by atoms with Crippen LogP contribution in [0.4, 0.5) is 0 Å². The maximum Gasteiger partial charge on any atom is 0.127 e. The van der Waals surface area contributed by atoms with E-state index in [0.29, 0.717) is 6.54 Å². The minimum absolute atomic E-state index is 0.0763. The summed E-state index contributed by atoms with van der Waals surface area (Å²) in [5.41, 5.74) is 12.6. The molecule has 0 unspecified atom stereocenters. The van der Waals surface area contributed by atoms with Gasteiger partial charge in [0.1, 0.15) is 11.5 Å². The number of methoxy groups -OCH3 is 2. The van der Waals surface area contributed by atoms with Gasteiger partial charge < -0.3 is 20.9 Å². The average molecular weight is 238 g/mol. The number of hydrogen-bond donors (Lipinski definition) is 2. The van der Waals surface area contributed by atoms with Crippen LogP contribution in [0.5, 0.6) is 11.5 Å². The van der Waals surface area contributed by atoms with Crippen molar-refractivity contribution in [2.75, 3.05) is 20.8 Å². The Bertz CT molecular complexity index is 320. The van der Waals surface area contributed by atoms with Crippen molar-refractivity contribution in [1.82, 2.24) is 0 Å². The molecule has 17 heavy (non-hydrogen) atoms. The van der Waals surface area contributed by atoms with Gasteiger partial charge in [-0.15, -0.1) is 0 Å². The third-order valence-electron chi connectivity index (χ3n) is 2.81. The highest BCUT2D eigenvalue weighted by Crippen LogP contribution is 2.34. The first kappa shape index (κ1) is 13.8. The highest BCUT2D eigenvalue weighted by molar-refractivity contribution is 5.46. The predicted octanol–water partition coefficient (Wildman–Crippen LogP) is 1.83. The molecule has 1 atom stereocenters. The van der Waals surface area contributed by atoms with Crippen LogP contribution >= 0.6 is 0 Å². The number of rotatable bonds is 7. The topological polar surface area (TPSA) is 70.5 Å². The SMILES string of the molecule is COc1cccc(OC)c1[C@@H](N)CCCCN. The summed E-state index contributed by atoms with van der Waals surface area (Å²) in [4.78, 5) is 0. The van der Waals surface area contributed by atoms with Crippen molar-refractivity contribution in [2.24, 2.45) is 11.5 Å². The molecule has 4 nitrogen and oxygen atoms in total. The van der Waals surface area contributed by atoms with Gasteiger partial charge in [-0.05, 0) is 31.5 Å². The van der Waals surface area contributed by atoms with Crippen molar-refractivity contribution in [3.05, 3.63) is 23.8 Å². The van der Waals surface area contributed by atoms with Crippen LogP contribution in [-0.4, -0.2) is 20.8 Å². The molecule has 0 aliphatic carbocycles. The van der Waals surface area contributed by atoms with Gasteiger partial charge in [0.05, 0.1) is 19.8 Å². The summed E-state index contributed by atoms with van der Waals surface area (Å²) < 4.78 is 10.7. The lowest BCUT2D eigenvalue weighted by Crippen LogP contribution is -2.13. The Hall–Kier alpha value is -1.26. The summed E-state index contributed by atoms with van der Waals surface area (Å²) in [6, 6.07) is 5.63. The van der Waals surface area contributed by atoms with E-state index in [4.69, 9.17) is 20.9 Å². The minimum Gasteiger partial charge on any atom is -0.496 e. The summed E-state index contributed by atoms with van der Waals surface area (Å²) in [6.07, 6.45) is 2.89. The van der Waals surface area contributed by atoms with Crippen molar-refractivity contribution in [3.8, 4) is 11.5 Å². The first-order valence-corrected chi connectivity index (χ1v) is 5.91. The predicted molar refractivity (Wildman–Crippen MR) is 69.4 cm³/mol. The third kappa shape index (κ3) is 3.61. The molecule has 0 aromatic heterocycles. The lowest BCUT2D eigenvalue weighted by atomic mass is 10.00. The largest absolute Gasteiger partial charge is 0.496 e. The maximum absolute atomic E-state index is 6.19. The Labute approximate surface area is 103 Å². The smallest absolute Gasteiger partial charge is 0.127 e. The van der Waals surface area contributed by atoms with Gasteiger partial charge in [0.25, 0.3) is 0 Å². The second-order valence-corrected chi connectivity index (χ2v) is 3.97. The first-order valence-electron chi connectivity index (χ1n) is 5.91. The van der Waals surface area contributed by atoms with E-state index in [0.717, 1.165) is 36.3 Å². The number of ether oxygens (including phenoxy) is 2. The van der Waals surface area contributed by atoms with Gasteiger partial charge in [0.2, 0.25) is 0 Å². The van der Waals surface area contributed by atoms with E-state index in [-0.39, 0.29) is 6.04 Å². The van der Waals surface area contributed by atoms with Gasteiger partial charge in [-0.3, -0.25) is 0 Å². The first-order chi connectivity index (χ1) is 8.24. The maximum atomic E-state index is 6.19. The van der Waals surface area contributed by atoms with Crippen LogP contribution in [0.25, 0.3) is 0 Å². The van der Waals surface area contributed by atoms with Crippen LogP contribution < -0.4 is 20.9 Å². The Morgan fingerprint density at radius 1 is 1.12 bits per heavy atom. The summed E-state index contributed by atoms with van der Waals surface area (Å²) in [5.74, 6) is 1.56. The van der Waals surface area contributed by atoms with E-state index in [2.05, 4.69) is 0 Å². The Morgan fingerprint density at radius 2 is 1.71 bits per heavy atom. The standard InChI is InChI=1S/C13H22N2O2/c1-16-11-7-5-8-12(17-2)13(11)10(15)6-3-4-9-14/h5,7-8,10H,3-4,6,9,14-15H2,1-2H3/t10-/m0/s1. The molecule has 0 bridgehead atoms. The van der Waals surface area contributed by atoms with Gasteiger partial charge in [-0.1, -0.05) is 12.5 Å². The highest BCUT2D eigenvalue weighted by Gasteiger charge is 2.16. The molecule has 96 valence electrons. The molecule has 0 saturated heterocycles. The van der Waals surface area contributed by atoms with Crippen LogP contribution in [0.2, 0.25) is 0 Å². The molecule has 0 amide bonds. The van der Waals surface area contributed by atoms with Gasteiger partial charge in [-0.25, -0.2) is 0 Å². The van der Waals surface area contributed by atoms with Gasteiger partial charge in [-0.2, -0.15) is 0 Å². The number of unbranched alkanes of at least 4 members (excludes halogenated alkanes) is 1. The molecule has 1 aromatic rings. The van der Waals surface area contributed by atoms with E-state index >= 15 is 0 Å². The number of benzene rings is 1. The van der Waals surface area contributed by atoms with E-state index in [1.807, 2.05) is 18.2 Å². The van der Waals surface area contributed by atoms with Gasteiger partial charge in [0.15, 0.2) is 0 Å². The summed E-state index contributed by atoms with van der Waals surface area (Å²) in [5, 5.41) is 0. The lowest BCUT2D eigenvalue weighted by molar-refractivity contribution is 0.376. The third-order valence-corrected chi connectivity index (χ3v) is 2.81. The molecule has 4 N–H and O–H groups in total. The molecule has 0 saturated carbocycles. The second-order valence-electron chi connectivity index (χ2n) is 3.97. The Balaban J connectivity index is 2.85. The zero-order chi connectivity index (χ0) is 12.7. The van der Waals surface area contributed by atoms with Crippen molar-refractivity contribution in [3.63, 3.8) is 0 Å². The molecule has 0 spiro atoms. The Morgan fingerprint density at radius 3 is 2.18 bits per heavy atom. The molecular formula is C13H22N2O2. The van der Waals surface area contributed by atoms with Gasteiger partial charge >= 0.3 is 0 Å². The zero-order valence-corrected chi connectivity index (χ0v) is 10.6. The van der Waals surface area contributed by atoms with Crippen LogP contribution in [0, 0.1) is 0 Å². The number of hydrogen-bond acceptors (Lipinski definition) is 4. The van der Waals surface area contributed by atoms with Crippen molar-refractivity contribution in [2.45, 2.75) is 25.3 Å². The quantitative estimate of drug-likeness (QED) is 0.711. The molecule has 0 radical (unpaired) electrons. The molecule has 4 heteroatoms. The molecule has 0 aliphatic heterocycles. The van der Waals surface area contributed by atoms with Crippen molar-refractivity contribution >= 4 is 0 Å². The zero-order valence-electron chi connectivity index (χ0n) is 10.6. The van der Waals surface area contributed by atoms with E-state index in [1.54, 1.807) is 14.2 Å². The van der Waals surface area contributed by atoms with E-state index < -0.39 is 0 Å². The van der Waals surface area contributed by atoms with Crippen LogP contribution in [0.1, 0.15) is 30.9 Å². The molecule has 1 aromatic carbocycles. The number of nitrogens with two attached hydrogens (primary N) is 2. The molecular weight excluding hydrogens is 216 g/mol. The summed E-state index contributed by atoms with van der Waals surface area (Å²) in [7, 11) is 3.29. The van der Waals surface area contributed by atoms with Crippen LogP contribution in [-0.2, 0) is 0 Å². The fourth-order valence-corrected chi connectivity index (χ4v) is 1.90. The second kappa shape index (κ2) is 7.14. The molecule has 0 heterocycles. The van der Waals surface area contributed by atoms with E-state index in [1.165, 1.54) is 0 Å². The summed E-state index contributed by atoms with van der Waals surface area (Å²) in [6.45, 7) is 0.704. The summed E-state index contributed by atoms with van der Waals surface area (Å²) >= 11 is 0. The molecule has 0 aliphatic rings. The van der Waals surface area contributed by atoms with Crippen molar-refractivity contribution in [1.29, 1.82) is 0 Å². The van der Waals surface area contributed by atoms with Crippen LogP contribution in [0.3, 0.4) is 0 Å². The van der Waals surface area contributed by atoms with E-state index in [9.17, 15) is 0 Å². The van der Waals surface area contributed by atoms with Crippen LogP contribution in [0.15, 0.2) is 18.2 Å². The average Bonchev–Trinajstić information content (AvgIpc) is 2.37. The van der Waals surface area contributed by atoms with Gasteiger partial charge in [0, 0.05) is 6.04 Å².